The molecule has 3 aliphatic rings. The van der Waals surface area contributed by atoms with Gasteiger partial charge in [-0.1, -0.05) is 0 Å². The molecule has 684 valence electrons. The number of benzene rings is 9. The zero-order valence-electron chi connectivity index (χ0n) is 61.2. The molecule has 3 unspecified atom stereocenters. The zero-order valence-corrected chi connectivity index (χ0v) is 61.2. The summed E-state index contributed by atoms with van der Waals surface area (Å²) in [5.74, 6) is -167. The van der Waals surface area contributed by atoms with E-state index >= 15 is 198 Å². The van der Waals surface area contributed by atoms with Crippen LogP contribution in [0.15, 0.2) is 0 Å². The molecule has 0 aliphatic heterocycles. The lowest BCUT2D eigenvalue weighted by Gasteiger charge is -2.29. The highest BCUT2D eigenvalue weighted by molar-refractivity contribution is 6.37. The third kappa shape index (κ3) is 12.9. The summed E-state index contributed by atoms with van der Waals surface area (Å²) in [5.41, 5.74) is -58.6. The van der Waals surface area contributed by atoms with E-state index in [0.717, 1.165) is 0 Å². The van der Waals surface area contributed by atoms with Crippen molar-refractivity contribution in [3.63, 3.8) is 0 Å². The predicted molar refractivity (Wildman–Crippen MR) is 343 cm³/mol. The molecule has 0 saturated heterocycles. The van der Waals surface area contributed by atoms with Crippen molar-refractivity contribution in [3.8, 4) is 67.2 Å². The van der Waals surface area contributed by atoms with Gasteiger partial charge in [-0.3, -0.25) is 0 Å². The Kier molecular flexibility index (Phi) is 22.9. The van der Waals surface area contributed by atoms with Crippen LogP contribution in [0.1, 0.15) is 107 Å². The third-order valence-corrected chi connectivity index (χ3v) is 21.6. The number of nitrogens with zero attached hydrogens (tertiary/aromatic N) is 3. The normalized spacial score (nSPS) is 15.1. The Labute approximate surface area is 686 Å². The maximum absolute atomic E-state index is 17.6. The van der Waals surface area contributed by atoms with Crippen molar-refractivity contribution in [2.45, 2.75) is 75.5 Å². The molecule has 3 atom stereocenters. The smallest absolute Gasteiger partial charge is 0.396 e. The summed E-state index contributed by atoms with van der Waals surface area (Å²) in [6, 6.07) is 0. The van der Waals surface area contributed by atoms with Gasteiger partial charge in [0.15, 0.2) is 209 Å². The Morgan fingerprint density at radius 3 is 0.438 bits per heavy atom. The SMILES string of the molecule is Fc1c(F)c(F)c(-c2c3c(n(OB(On4c5c(c(-c6c(F)c(F)c(F)c(F)c6F)c4-c4c(F)c(F)c(F)c(F)c4F)C(c4c(F)c(F)c(F)c(F)c4F)CCC5)On4c5c(c(-c6c(F)c(F)c(F)c(F)c6F)c4-c4c(F)c(F)c(F)c(F)c4F)C(c4c(F)c(F)c(F)c(F)c4F)CCC5)c2-c2c(F)c(F)c(F)c(F)c2F)CCCC3c2c(F)c(F)c(F)c(F)c2F)c(F)c1F. The van der Waals surface area contributed by atoms with Crippen LogP contribution in [0.4, 0.5) is 198 Å². The molecular weight excluding hydrogens is 1890 g/mol. The molecule has 9 aromatic carbocycles. The minimum atomic E-state index is -5.18. The largest absolute Gasteiger partial charge is 0.926 e. The van der Waals surface area contributed by atoms with Crippen LogP contribution in [0, 0.1) is 262 Å². The van der Waals surface area contributed by atoms with E-state index < -0.39 is 476 Å². The second-order valence-corrected chi connectivity index (χ2v) is 28.2. The highest BCUT2D eigenvalue weighted by Crippen LogP contribution is 2.59. The third-order valence-electron chi connectivity index (χ3n) is 21.6. The van der Waals surface area contributed by atoms with Gasteiger partial charge in [0.25, 0.3) is 0 Å². The first-order valence-corrected chi connectivity index (χ1v) is 35.4. The van der Waals surface area contributed by atoms with Crippen LogP contribution in [0.25, 0.3) is 67.2 Å². The van der Waals surface area contributed by atoms with E-state index in [1.54, 1.807) is 0 Å². The number of aromatic nitrogens is 3. The summed E-state index contributed by atoms with van der Waals surface area (Å²) in [5, 5.41) is 0. The van der Waals surface area contributed by atoms with Crippen molar-refractivity contribution in [3.05, 3.63) is 312 Å². The van der Waals surface area contributed by atoms with Crippen LogP contribution in [-0.4, -0.2) is 21.5 Å². The minimum Gasteiger partial charge on any atom is -0.396 e. The molecule has 0 amide bonds. The van der Waals surface area contributed by atoms with Crippen molar-refractivity contribution in [2.24, 2.45) is 0 Å². The van der Waals surface area contributed by atoms with Gasteiger partial charge >= 0.3 is 7.32 Å². The van der Waals surface area contributed by atoms with Crippen molar-refractivity contribution < 1.29 is 212 Å². The molecule has 15 rings (SSSR count). The van der Waals surface area contributed by atoms with E-state index in [0.29, 0.717) is 0 Å². The molecular formula is C78H21BF45N3O3. The average Bonchev–Trinajstić information content (AvgIpc) is 1.55. The Morgan fingerprint density at radius 1 is 0.154 bits per heavy atom. The first-order valence-electron chi connectivity index (χ1n) is 35.4. The second-order valence-electron chi connectivity index (χ2n) is 28.2. The number of hydrogen-bond donors (Lipinski definition) is 0. The van der Waals surface area contributed by atoms with Crippen molar-refractivity contribution in [1.29, 1.82) is 0 Å². The molecule has 0 bridgehead atoms. The molecule has 0 fully saturated rings. The van der Waals surface area contributed by atoms with Crippen LogP contribution >= 0.6 is 0 Å². The standard InChI is InChI=1S/C78H21BF45N3O3/c80-31-19(32(81)50(99)67(116)49(31)98)10-4-1-7-13-16(10)22(25-37(86)55(104)70(119)56(105)38(25)87)76(28-43(92)61(110)73(122)62(111)44(28)93)125(13)128-79(129-126-14-8-2-5-11(20-33(82)51(100)68(117)52(101)34(20)83)17(14)23(26-39(88)57(106)71(120)58(107)40(26)89)77(126)29-45(94)63(112)74(123)64(113)46(29)95)130-127-15-9-3-6-12(21-35(84)53(102)69(118)54(103)36(21)85)18(15)24(27-41(90)59(108)72(121)60(109)42(27)91)78(127)30-47(96)65(114)75(124)66(115)48(30)97/h10-12H,1-9H2. The van der Waals surface area contributed by atoms with Gasteiger partial charge in [0.2, 0.25) is 52.4 Å². The van der Waals surface area contributed by atoms with E-state index in [2.05, 4.69) is 0 Å². The second kappa shape index (κ2) is 32.4. The molecule has 12 aromatic rings. The maximum Gasteiger partial charge on any atom is 0.926 e. The fraction of sp³-hybridized carbons (Fsp3) is 0.154. The van der Waals surface area contributed by atoms with Crippen molar-refractivity contribution >= 4 is 7.32 Å². The van der Waals surface area contributed by atoms with E-state index in [-0.39, 0.29) is 0 Å². The summed E-state index contributed by atoms with van der Waals surface area (Å²) in [7, 11) is -5.18. The number of fused-ring (bicyclic) bond motifs is 3. The fourth-order valence-corrected chi connectivity index (χ4v) is 16.2. The first-order chi connectivity index (χ1) is 60.9. The summed E-state index contributed by atoms with van der Waals surface area (Å²) in [4.78, 5) is 0. The van der Waals surface area contributed by atoms with Crippen molar-refractivity contribution in [2.75, 3.05) is 0 Å². The summed E-state index contributed by atoms with van der Waals surface area (Å²) in [6.07, 6.45) is -15.2. The Balaban J connectivity index is 1.23. The summed E-state index contributed by atoms with van der Waals surface area (Å²) >= 11 is 0. The van der Waals surface area contributed by atoms with Gasteiger partial charge in [0, 0.05) is 51.1 Å². The lowest BCUT2D eigenvalue weighted by Crippen LogP contribution is -2.50. The lowest BCUT2D eigenvalue weighted by atomic mass is 9.77. The van der Waals surface area contributed by atoms with Gasteiger partial charge in [-0.2, -0.15) is 14.2 Å². The van der Waals surface area contributed by atoms with Gasteiger partial charge in [0.1, 0.15) is 0 Å². The van der Waals surface area contributed by atoms with E-state index in [1.807, 2.05) is 0 Å². The van der Waals surface area contributed by atoms with Crippen LogP contribution in [0.2, 0.25) is 0 Å². The molecule has 0 N–H and O–H groups in total. The lowest BCUT2D eigenvalue weighted by molar-refractivity contribution is 0.0651. The molecule has 52 heteroatoms. The Morgan fingerprint density at radius 2 is 0.285 bits per heavy atom. The Bertz CT molecular complexity index is 6140. The molecule has 130 heavy (non-hydrogen) atoms. The van der Waals surface area contributed by atoms with Gasteiger partial charge in [-0.05, 0) is 74.5 Å². The molecule has 3 heterocycles. The average molecular weight is 1910 g/mol. The predicted octanol–water partition coefficient (Wildman–Crippen LogP) is 24.4. The molecule has 6 nitrogen and oxygen atoms in total. The molecule has 3 aromatic heterocycles. The first kappa shape index (κ1) is 91.9. The highest BCUT2D eigenvalue weighted by atomic mass is 19.2. The van der Waals surface area contributed by atoms with Crippen molar-refractivity contribution in [1.82, 2.24) is 14.2 Å². The van der Waals surface area contributed by atoms with E-state index in [1.165, 1.54) is 0 Å². The fourth-order valence-electron chi connectivity index (χ4n) is 16.2. The van der Waals surface area contributed by atoms with Gasteiger partial charge in [-0.25, -0.2) is 198 Å². The van der Waals surface area contributed by atoms with Gasteiger partial charge in [0.05, 0.1) is 67.5 Å². The van der Waals surface area contributed by atoms with E-state index in [9.17, 15) is 0 Å². The van der Waals surface area contributed by atoms with Gasteiger partial charge in [-0.15, -0.1) is 0 Å². The summed E-state index contributed by atoms with van der Waals surface area (Å²) in [6.45, 7) is 0. The number of halogens is 45. The van der Waals surface area contributed by atoms with Gasteiger partial charge < -0.3 is 14.3 Å². The van der Waals surface area contributed by atoms with Crippen LogP contribution < -0.4 is 14.3 Å². The summed E-state index contributed by atoms with van der Waals surface area (Å²) < 4.78 is 752. The topological polar surface area (TPSA) is 42.5 Å². The molecule has 3 aliphatic carbocycles. The van der Waals surface area contributed by atoms with Crippen LogP contribution in [0.3, 0.4) is 0 Å². The van der Waals surface area contributed by atoms with E-state index in [4.69, 9.17) is 14.3 Å². The van der Waals surface area contributed by atoms with Crippen LogP contribution in [-0.2, 0) is 19.3 Å². The van der Waals surface area contributed by atoms with Crippen LogP contribution in [0.5, 0.6) is 0 Å². The minimum absolute atomic E-state index is 1.29. The zero-order chi connectivity index (χ0) is 95.6. The maximum atomic E-state index is 17.6. The molecule has 0 spiro atoms. The quantitative estimate of drug-likeness (QED) is 0.0445. The molecule has 0 saturated carbocycles. The molecule has 0 radical (unpaired) electrons. The Hall–Kier alpha value is -12.9. The number of rotatable bonds is 15. The highest BCUT2D eigenvalue weighted by Gasteiger charge is 2.53. The monoisotopic (exact) mass is 1910 g/mol. The number of hydrogen-bond acceptors (Lipinski definition) is 3.